The summed E-state index contributed by atoms with van der Waals surface area (Å²) in [5.74, 6) is 2.07. The molecule has 1 atom stereocenters. The SMILES string of the molecule is c1ccc(C2=NC(c3ccccc3)NC(c3ccccc3-c3ccc(-c4nc(-c5ccccc5)cc(-c5ccccc5)n4)cc3-c3cccc(-n4c5ccccc5c5ccccc54)c3)=N2)cc1. The number of nitrogens with one attached hydrogen (secondary N) is 1. The second-order valence-electron chi connectivity index (χ2n) is 16.7. The lowest BCUT2D eigenvalue weighted by Crippen LogP contribution is -2.34. The van der Waals surface area contributed by atoms with Crippen molar-refractivity contribution in [3.8, 4) is 61.8 Å². The van der Waals surface area contributed by atoms with Crippen LogP contribution in [-0.4, -0.2) is 26.2 Å². The molecule has 316 valence electrons. The first kappa shape index (κ1) is 39.6. The van der Waals surface area contributed by atoms with Crippen molar-refractivity contribution < 1.29 is 0 Å². The van der Waals surface area contributed by atoms with E-state index in [1.165, 1.54) is 10.8 Å². The molecule has 1 unspecified atom stereocenters. The number of hydrogen-bond donors (Lipinski definition) is 1. The molecule has 9 aromatic carbocycles. The van der Waals surface area contributed by atoms with Crippen LogP contribution in [0.4, 0.5) is 0 Å². The van der Waals surface area contributed by atoms with Crippen molar-refractivity contribution in [1.82, 2.24) is 19.9 Å². The van der Waals surface area contributed by atoms with Gasteiger partial charge in [0.05, 0.1) is 22.4 Å². The molecule has 12 rings (SSSR count). The van der Waals surface area contributed by atoms with Crippen molar-refractivity contribution in [2.24, 2.45) is 9.98 Å². The molecule has 1 N–H and O–H groups in total. The summed E-state index contributed by atoms with van der Waals surface area (Å²) < 4.78 is 2.37. The van der Waals surface area contributed by atoms with Gasteiger partial charge in [0.15, 0.2) is 11.7 Å². The van der Waals surface area contributed by atoms with Gasteiger partial charge < -0.3 is 9.88 Å². The van der Waals surface area contributed by atoms with Crippen LogP contribution in [0, 0.1) is 0 Å². The van der Waals surface area contributed by atoms with E-state index in [0.29, 0.717) is 11.7 Å². The summed E-state index contributed by atoms with van der Waals surface area (Å²) in [5.41, 5.74) is 15.2. The molecule has 0 amide bonds. The number of aromatic nitrogens is 3. The van der Waals surface area contributed by atoms with Crippen molar-refractivity contribution >= 4 is 33.5 Å². The second-order valence-corrected chi connectivity index (χ2v) is 16.7. The molecule has 6 heteroatoms. The third-order valence-electron chi connectivity index (χ3n) is 12.5. The van der Waals surface area contributed by atoms with Crippen LogP contribution in [0.25, 0.3) is 83.6 Å². The molecule has 0 bridgehead atoms. The van der Waals surface area contributed by atoms with E-state index in [9.17, 15) is 0 Å². The maximum atomic E-state index is 5.27. The molecule has 0 saturated carbocycles. The molecule has 1 aliphatic heterocycles. The monoisotopic (exact) mass is 858 g/mol. The topological polar surface area (TPSA) is 67.5 Å². The summed E-state index contributed by atoms with van der Waals surface area (Å²) in [6, 6.07) is 84.7. The lowest BCUT2D eigenvalue weighted by atomic mass is 9.89. The molecule has 1 aliphatic rings. The minimum Gasteiger partial charge on any atom is -0.344 e. The minimum absolute atomic E-state index is 0.338. The van der Waals surface area contributed by atoms with Crippen molar-refractivity contribution in [2.75, 3.05) is 0 Å². The Hall–Kier alpha value is -9.00. The van der Waals surface area contributed by atoms with E-state index in [-0.39, 0.29) is 6.17 Å². The maximum Gasteiger partial charge on any atom is 0.160 e. The lowest BCUT2D eigenvalue weighted by Gasteiger charge is -2.25. The van der Waals surface area contributed by atoms with Crippen LogP contribution in [0.3, 0.4) is 0 Å². The van der Waals surface area contributed by atoms with E-state index in [2.05, 4.69) is 216 Å². The third kappa shape index (κ3) is 7.56. The van der Waals surface area contributed by atoms with E-state index in [1.54, 1.807) is 0 Å². The summed E-state index contributed by atoms with van der Waals surface area (Å²) in [6.07, 6.45) is -0.338. The summed E-state index contributed by atoms with van der Waals surface area (Å²) in [5, 5.41) is 6.18. The Morgan fingerprint density at radius 2 is 0.896 bits per heavy atom. The van der Waals surface area contributed by atoms with Gasteiger partial charge in [-0.2, -0.15) is 0 Å². The van der Waals surface area contributed by atoms with E-state index < -0.39 is 0 Å². The van der Waals surface area contributed by atoms with Crippen LogP contribution in [0.5, 0.6) is 0 Å². The maximum absolute atomic E-state index is 5.27. The van der Waals surface area contributed by atoms with Crippen LogP contribution in [0.2, 0.25) is 0 Å². The summed E-state index contributed by atoms with van der Waals surface area (Å²) in [6.45, 7) is 0. The van der Waals surface area contributed by atoms with Crippen molar-refractivity contribution in [3.63, 3.8) is 0 Å². The average Bonchev–Trinajstić information content (AvgIpc) is 3.76. The zero-order valence-corrected chi connectivity index (χ0v) is 36.4. The van der Waals surface area contributed by atoms with Crippen molar-refractivity contribution in [3.05, 3.63) is 259 Å². The molecule has 11 aromatic rings. The Morgan fingerprint density at radius 3 is 1.54 bits per heavy atom. The summed E-state index contributed by atoms with van der Waals surface area (Å²) in [4.78, 5) is 21.0. The molecule has 67 heavy (non-hydrogen) atoms. The highest BCUT2D eigenvalue weighted by Crippen LogP contribution is 2.40. The van der Waals surface area contributed by atoms with Crippen molar-refractivity contribution in [1.29, 1.82) is 0 Å². The van der Waals surface area contributed by atoms with Crippen LogP contribution in [0.15, 0.2) is 253 Å². The average molecular weight is 859 g/mol. The first-order valence-electron chi connectivity index (χ1n) is 22.6. The van der Waals surface area contributed by atoms with Crippen LogP contribution in [0.1, 0.15) is 22.9 Å². The Balaban J connectivity index is 1.07. The Bertz CT molecular complexity index is 3540. The summed E-state index contributed by atoms with van der Waals surface area (Å²) >= 11 is 0. The zero-order chi connectivity index (χ0) is 44.5. The van der Waals surface area contributed by atoms with E-state index in [0.717, 1.165) is 89.6 Å². The number of fused-ring (bicyclic) bond motifs is 3. The van der Waals surface area contributed by atoms with Crippen LogP contribution >= 0.6 is 0 Å². The van der Waals surface area contributed by atoms with Gasteiger partial charge in [-0.3, -0.25) is 0 Å². The molecular weight excluding hydrogens is 817 g/mol. The highest BCUT2D eigenvalue weighted by molar-refractivity contribution is 6.16. The Labute approximate surface area is 389 Å². The highest BCUT2D eigenvalue weighted by atomic mass is 15.2. The molecule has 0 aliphatic carbocycles. The van der Waals surface area contributed by atoms with Gasteiger partial charge in [-0.15, -0.1) is 0 Å². The molecule has 0 radical (unpaired) electrons. The standard InChI is InChI=1S/C61H42N6/c1-5-20-41(21-6-1)54-40-55(42-22-7-2-8-23-42)63-60(62-54)46-36-37-49(53(39-46)45-28-19-29-47(38-45)67-56-34-17-15-31-50(56)51-32-16-18-35-57(51)67)48-30-13-14-33-52(48)61-65-58(43-24-9-3-10-25-43)64-59(66-61)44-26-11-4-12-27-44/h1-40,58H,(H,64,65,66). The van der Waals surface area contributed by atoms with Gasteiger partial charge in [0.1, 0.15) is 12.0 Å². The lowest BCUT2D eigenvalue weighted by molar-refractivity contribution is 0.674. The number of amidine groups is 2. The van der Waals surface area contributed by atoms with Gasteiger partial charge in [0.2, 0.25) is 0 Å². The van der Waals surface area contributed by atoms with Crippen molar-refractivity contribution in [2.45, 2.75) is 6.17 Å². The smallest absolute Gasteiger partial charge is 0.160 e. The number of hydrogen-bond acceptors (Lipinski definition) is 5. The first-order valence-corrected chi connectivity index (χ1v) is 22.6. The molecule has 0 saturated heterocycles. The fourth-order valence-electron chi connectivity index (χ4n) is 9.29. The predicted octanol–water partition coefficient (Wildman–Crippen LogP) is 14.4. The van der Waals surface area contributed by atoms with Gasteiger partial charge in [0, 0.05) is 44.3 Å². The quantitative estimate of drug-likeness (QED) is 0.157. The van der Waals surface area contributed by atoms with Gasteiger partial charge in [-0.25, -0.2) is 20.0 Å². The first-order chi connectivity index (χ1) is 33.2. The number of para-hydroxylation sites is 2. The van der Waals surface area contributed by atoms with Gasteiger partial charge in [-0.1, -0.05) is 206 Å². The fraction of sp³-hybridized carbons (Fsp3) is 0.0164. The minimum atomic E-state index is -0.338. The zero-order valence-electron chi connectivity index (χ0n) is 36.4. The van der Waals surface area contributed by atoms with E-state index in [4.69, 9.17) is 20.0 Å². The van der Waals surface area contributed by atoms with Gasteiger partial charge >= 0.3 is 0 Å². The number of aliphatic imine (C=N–C) groups is 2. The second kappa shape index (κ2) is 17.2. The van der Waals surface area contributed by atoms with Gasteiger partial charge in [0.25, 0.3) is 0 Å². The molecule has 3 heterocycles. The number of benzene rings is 9. The molecule has 2 aromatic heterocycles. The fourth-order valence-corrected chi connectivity index (χ4v) is 9.29. The molecule has 6 nitrogen and oxygen atoms in total. The van der Waals surface area contributed by atoms with Crippen LogP contribution in [-0.2, 0) is 0 Å². The largest absolute Gasteiger partial charge is 0.344 e. The molecule has 0 fully saturated rings. The van der Waals surface area contributed by atoms with Crippen LogP contribution < -0.4 is 5.32 Å². The molecule has 0 spiro atoms. The predicted molar refractivity (Wildman–Crippen MR) is 275 cm³/mol. The normalized spacial score (nSPS) is 13.5. The highest BCUT2D eigenvalue weighted by Gasteiger charge is 2.24. The Kier molecular flexibility index (Phi) is 10.1. The number of rotatable bonds is 9. The Morgan fingerprint density at radius 1 is 0.373 bits per heavy atom. The summed E-state index contributed by atoms with van der Waals surface area (Å²) in [7, 11) is 0. The van der Waals surface area contributed by atoms with Gasteiger partial charge in [-0.05, 0) is 64.2 Å². The number of nitrogens with zero attached hydrogens (tertiary/aromatic N) is 5. The van der Waals surface area contributed by atoms with E-state index >= 15 is 0 Å². The van der Waals surface area contributed by atoms with E-state index in [1.807, 2.05) is 36.4 Å². The third-order valence-corrected chi connectivity index (χ3v) is 12.5. The molecular formula is C61H42N6.